The SMILES string of the molecule is COc1cc(I)c(Cl)cc1C(=O)Nc1ccc(N2CCOCC2)nc1. The van der Waals surface area contributed by atoms with Crippen LogP contribution < -0.4 is 15.0 Å². The molecule has 1 amide bonds. The number of halogens is 2. The summed E-state index contributed by atoms with van der Waals surface area (Å²) < 4.78 is 11.4. The number of morpholine rings is 1. The molecule has 2 heterocycles. The average molecular weight is 474 g/mol. The third-order valence-electron chi connectivity index (χ3n) is 3.83. The van der Waals surface area contributed by atoms with Gasteiger partial charge >= 0.3 is 0 Å². The molecule has 25 heavy (non-hydrogen) atoms. The Morgan fingerprint density at radius 3 is 2.76 bits per heavy atom. The number of carbonyl (C=O) groups is 1. The summed E-state index contributed by atoms with van der Waals surface area (Å²) in [6, 6.07) is 7.06. The molecule has 0 saturated carbocycles. The lowest BCUT2D eigenvalue weighted by Crippen LogP contribution is -2.36. The maximum atomic E-state index is 12.5. The molecule has 6 nitrogen and oxygen atoms in total. The van der Waals surface area contributed by atoms with Crippen molar-refractivity contribution in [3.05, 3.63) is 44.6 Å². The largest absolute Gasteiger partial charge is 0.496 e. The van der Waals surface area contributed by atoms with Crippen LogP contribution in [-0.4, -0.2) is 44.3 Å². The molecule has 1 aromatic heterocycles. The minimum atomic E-state index is -0.295. The molecular formula is C17H17ClIN3O3. The number of benzene rings is 1. The summed E-state index contributed by atoms with van der Waals surface area (Å²) in [7, 11) is 1.52. The molecule has 1 fully saturated rings. The number of rotatable bonds is 4. The van der Waals surface area contributed by atoms with Gasteiger partial charge < -0.3 is 19.7 Å². The number of anilines is 2. The number of hydrogen-bond acceptors (Lipinski definition) is 5. The van der Waals surface area contributed by atoms with Crippen LogP contribution in [0.5, 0.6) is 5.75 Å². The Bertz CT molecular complexity index is 764. The Hall–Kier alpha value is -1.58. The van der Waals surface area contributed by atoms with Crippen molar-refractivity contribution in [1.29, 1.82) is 0 Å². The van der Waals surface area contributed by atoms with Gasteiger partial charge in [0.15, 0.2) is 0 Å². The van der Waals surface area contributed by atoms with Crippen molar-refractivity contribution in [2.75, 3.05) is 43.6 Å². The van der Waals surface area contributed by atoms with Crippen LogP contribution in [0.4, 0.5) is 11.5 Å². The van der Waals surface area contributed by atoms with E-state index in [9.17, 15) is 4.79 Å². The van der Waals surface area contributed by atoms with Gasteiger partial charge in [0, 0.05) is 16.7 Å². The molecule has 0 bridgehead atoms. The van der Waals surface area contributed by atoms with E-state index in [1.54, 1.807) is 18.3 Å². The highest BCUT2D eigenvalue weighted by Gasteiger charge is 2.16. The first-order valence-electron chi connectivity index (χ1n) is 7.71. The predicted molar refractivity (Wildman–Crippen MR) is 106 cm³/mol. The summed E-state index contributed by atoms with van der Waals surface area (Å²) in [5.41, 5.74) is 0.990. The minimum absolute atomic E-state index is 0.295. The second-order valence-electron chi connectivity index (χ2n) is 5.43. The number of carbonyl (C=O) groups excluding carboxylic acids is 1. The van der Waals surface area contributed by atoms with Gasteiger partial charge in [-0.05, 0) is 46.9 Å². The van der Waals surface area contributed by atoms with E-state index in [4.69, 9.17) is 21.1 Å². The van der Waals surface area contributed by atoms with Gasteiger partial charge in [0.05, 0.1) is 42.8 Å². The number of nitrogens with zero attached hydrogens (tertiary/aromatic N) is 2. The predicted octanol–water partition coefficient (Wildman–Crippen LogP) is 3.44. The van der Waals surface area contributed by atoms with Crippen LogP contribution in [0.25, 0.3) is 0 Å². The zero-order chi connectivity index (χ0) is 17.8. The molecule has 2 aromatic rings. The molecule has 1 aromatic carbocycles. The number of amides is 1. The van der Waals surface area contributed by atoms with Crippen LogP contribution in [-0.2, 0) is 4.74 Å². The monoisotopic (exact) mass is 473 g/mol. The molecule has 0 aliphatic carbocycles. The van der Waals surface area contributed by atoms with Crippen molar-refractivity contribution < 1.29 is 14.3 Å². The van der Waals surface area contributed by atoms with Crippen molar-refractivity contribution in [3.63, 3.8) is 0 Å². The number of aromatic nitrogens is 1. The topological polar surface area (TPSA) is 63.7 Å². The molecule has 1 aliphatic heterocycles. The molecule has 3 rings (SSSR count). The fourth-order valence-corrected chi connectivity index (χ4v) is 3.12. The Labute approximate surface area is 164 Å². The molecule has 0 spiro atoms. The van der Waals surface area contributed by atoms with Gasteiger partial charge in [-0.25, -0.2) is 4.98 Å². The van der Waals surface area contributed by atoms with Crippen molar-refractivity contribution in [3.8, 4) is 5.75 Å². The highest BCUT2D eigenvalue weighted by molar-refractivity contribution is 14.1. The van der Waals surface area contributed by atoms with Gasteiger partial charge in [-0.1, -0.05) is 11.6 Å². The van der Waals surface area contributed by atoms with Crippen LogP contribution in [0.15, 0.2) is 30.5 Å². The summed E-state index contributed by atoms with van der Waals surface area (Å²) in [6.07, 6.45) is 1.64. The van der Waals surface area contributed by atoms with Gasteiger partial charge in [0.2, 0.25) is 0 Å². The molecule has 0 unspecified atom stereocenters. The highest BCUT2D eigenvalue weighted by atomic mass is 127. The molecule has 0 atom stereocenters. The normalized spacial score (nSPS) is 14.3. The lowest BCUT2D eigenvalue weighted by atomic mass is 10.2. The van der Waals surface area contributed by atoms with E-state index < -0.39 is 0 Å². The van der Waals surface area contributed by atoms with Gasteiger partial charge in [0.1, 0.15) is 11.6 Å². The van der Waals surface area contributed by atoms with Gasteiger partial charge in [-0.2, -0.15) is 0 Å². The zero-order valence-corrected chi connectivity index (χ0v) is 16.5. The van der Waals surface area contributed by atoms with Crippen LogP contribution in [0.1, 0.15) is 10.4 Å². The summed E-state index contributed by atoms with van der Waals surface area (Å²) in [5, 5.41) is 3.33. The summed E-state index contributed by atoms with van der Waals surface area (Å²) in [4.78, 5) is 19.1. The Kier molecular flexibility index (Phi) is 5.98. The molecule has 1 aliphatic rings. The summed E-state index contributed by atoms with van der Waals surface area (Å²) in [6.45, 7) is 3.04. The van der Waals surface area contributed by atoms with E-state index in [1.165, 1.54) is 7.11 Å². The second-order valence-corrected chi connectivity index (χ2v) is 6.99. The third-order valence-corrected chi connectivity index (χ3v) is 5.35. The number of hydrogen-bond donors (Lipinski definition) is 1. The van der Waals surface area contributed by atoms with Crippen molar-refractivity contribution in [2.24, 2.45) is 0 Å². The maximum Gasteiger partial charge on any atom is 0.259 e. The first-order valence-corrected chi connectivity index (χ1v) is 9.17. The fourth-order valence-electron chi connectivity index (χ4n) is 2.51. The first-order chi connectivity index (χ1) is 12.1. The molecule has 1 saturated heterocycles. The fraction of sp³-hybridized carbons (Fsp3) is 0.294. The standard InChI is InChI=1S/C17H17ClIN3O3/c1-24-15-9-14(19)13(18)8-12(15)17(23)21-11-2-3-16(20-10-11)22-4-6-25-7-5-22/h2-3,8-10H,4-7H2,1H3,(H,21,23). The van der Waals surface area contributed by atoms with E-state index in [0.717, 1.165) is 22.5 Å². The van der Waals surface area contributed by atoms with Crippen molar-refractivity contribution >= 4 is 51.6 Å². The molecule has 132 valence electrons. The smallest absolute Gasteiger partial charge is 0.259 e. The van der Waals surface area contributed by atoms with E-state index in [2.05, 4.69) is 37.8 Å². The Morgan fingerprint density at radius 2 is 2.12 bits per heavy atom. The van der Waals surface area contributed by atoms with Crippen LogP contribution >= 0.6 is 34.2 Å². The number of pyridine rings is 1. The summed E-state index contributed by atoms with van der Waals surface area (Å²) in [5.74, 6) is 1.05. The first kappa shape index (κ1) is 18.2. The molecule has 8 heteroatoms. The Morgan fingerprint density at radius 1 is 1.36 bits per heavy atom. The van der Waals surface area contributed by atoms with Crippen LogP contribution in [0.2, 0.25) is 5.02 Å². The Balaban J connectivity index is 1.74. The third kappa shape index (κ3) is 4.34. The van der Waals surface area contributed by atoms with E-state index in [-0.39, 0.29) is 5.91 Å². The average Bonchev–Trinajstić information content (AvgIpc) is 2.65. The van der Waals surface area contributed by atoms with Gasteiger partial charge in [-0.3, -0.25) is 4.79 Å². The van der Waals surface area contributed by atoms with E-state index in [0.29, 0.717) is 35.2 Å². The lowest BCUT2D eigenvalue weighted by Gasteiger charge is -2.27. The van der Waals surface area contributed by atoms with Crippen LogP contribution in [0.3, 0.4) is 0 Å². The lowest BCUT2D eigenvalue weighted by molar-refractivity contribution is 0.102. The van der Waals surface area contributed by atoms with E-state index in [1.807, 2.05) is 12.1 Å². The van der Waals surface area contributed by atoms with Crippen LogP contribution in [0, 0.1) is 3.57 Å². The molecule has 1 N–H and O–H groups in total. The zero-order valence-electron chi connectivity index (χ0n) is 13.6. The second kappa shape index (κ2) is 8.20. The van der Waals surface area contributed by atoms with Crippen molar-refractivity contribution in [1.82, 2.24) is 4.98 Å². The number of nitrogens with one attached hydrogen (secondary N) is 1. The molecule has 0 radical (unpaired) electrons. The number of ether oxygens (including phenoxy) is 2. The van der Waals surface area contributed by atoms with Crippen molar-refractivity contribution in [2.45, 2.75) is 0 Å². The maximum absolute atomic E-state index is 12.5. The highest BCUT2D eigenvalue weighted by Crippen LogP contribution is 2.29. The quantitative estimate of drug-likeness (QED) is 0.690. The van der Waals surface area contributed by atoms with Gasteiger partial charge in [0.25, 0.3) is 5.91 Å². The molecular weight excluding hydrogens is 457 g/mol. The van der Waals surface area contributed by atoms with E-state index >= 15 is 0 Å². The summed E-state index contributed by atoms with van der Waals surface area (Å²) >= 11 is 8.22. The van der Waals surface area contributed by atoms with Gasteiger partial charge in [-0.15, -0.1) is 0 Å². The number of methoxy groups -OCH3 is 1. The minimum Gasteiger partial charge on any atom is -0.496 e.